The summed E-state index contributed by atoms with van der Waals surface area (Å²) in [6.45, 7) is 3.68. The van der Waals surface area contributed by atoms with Crippen molar-refractivity contribution in [2.75, 3.05) is 4.90 Å². The smallest absolute Gasteiger partial charge is 0.342 e. The van der Waals surface area contributed by atoms with Crippen molar-refractivity contribution in [3.8, 4) is 0 Å². The number of carbonyl (C=O) groups excluding carboxylic acids is 2. The average molecular weight is 310 g/mol. The van der Waals surface area contributed by atoms with Crippen LogP contribution >= 0.6 is 15.9 Å². The van der Waals surface area contributed by atoms with Gasteiger partial charge in [0.15, 0.2) is 5.72 Å². The molecule has 4 nitrogen and oxygen atoms in total. The van der Waals surface area contributed by atoms with Gasteiger partial charge in [0.25, 0.3) is 0 Å². The molecule has 0 N–H and O–H groups in total. The van der Waals surface area contributed by atoms with E-state index in [4.69, 9.17) is 4.74 Å². The molecule has 0 bridgehead atoms. The molecule has 3 rings (SSSR count). The molecule has 94 valence electrons. The summed E-state index contributed by atoms with van der Waals surface area (Å²) in [7, 11) is 0. The number of ether oxygens (including phenoxy) is 1. The van der Waals surface area contributed by atoms with Gasteiger partial charge in [-0.25, -0.2) is 4.79 Å². The van der Waals surface area contributed by atoms with Gasteiger partial charge in [-0.05, 0) is 47.5 Å². The van der Waals surface area contributed by atoms with Crippen LogP contribution in [0.3, 0.4) is 0 Å². The first-order valence-electron chi connectivity index (χ1n) is 5.79. The van der Waals surface area contributed by atoms with E-state index in [9.17, 15) is 9.59 Å². The topological polar surface area (TPSA) is 46.6 Å². The normalized spacial score (nSPS) is 25.8. The second-order valence-electron chi connectivity index (χ2n) is 4.94. The van der Waals surface area contributed by atoms with Gasteiger partial charge < -0.3 is 4.74 Å². The Morgan fingerprint density at radius 2 is 2.11 bits per heavy atom. The molecule has 0 saturated carbocycles. The van der Waals surface area contributed by atoms with Crippen LogP contribution in [0.2, 0.25) is 0 Å². The molecule has 1 amide bonds. The SMILES string of the molecule is Cc1cc(Br)c2c(c1)C(=O)OC1(C)CCC(=O)N21. The van der Waals surface area contributed by atoms with Gasteiger partial charge in [0.2, 0.25) is 5.91 Å². The van der Waals surface area contributed by atoms with Gasteiger partial charge in [0.05, 0.1) is 11.3 Å². The van der Waals surface area contributed by atoms with E-state index in [-0.39, 0.29) is 11.9 Å². The fourth-order valence-electron chi connectivity index (χ4n) is 2.66. The molecule has 2 heterocycles. The number of benzene rings is 1. The largest absolute Gasteiger partial charge is 0.435 e. The summed E-state index contributed by atoms with van der Waals surface area (Å²) >= 11 is 3.45. The van der Waals surface area contributed by atoms with Gasteiger partial charge >= 0.3 is 5.97 Å². The van der Waals surface area contributed by atoms with E-state index in [0.717, 1.165) is 10.0 Å². The predicted molar refractivity (Wildman–Crippen MR) is 69.4 cm³/mol. The molecule has 2 aliphatic heterocycles. The zero-order chi connectivity index (χ0) is 13.1. The molecule has 1 atom stereocenters. The van der Waals surface area contributed by atoms with Gasteiger partial charge in [-0.1, -0.05) is 0 Å². The number of nitrogens with zero attached hydrogens (tertiary/aromatic N) is 1. The number of amides is 1. The fourth-order valence-corrected chi connectivity index (χ4v) is 3.41. The maximum Gasteiger partial charge on any atom is 0.342 e. The second kappa shape index (κ2) is 3.57. The van der Waals surface area contributed by atoms with Crippen LogP contribution in [0.1, 0.15) is 35.7 Å². The highest BCUT2D eigenvalue weighted by molar-refractivity contribution is 9.10. The molecule has 18 heavy (non-hydrogen) atoms. The van der Waals surface area contributed by atoms with E-state index in [2.05, 4.69) is 15.9 Å². The molecule has 0 aliphatic carbocycles. The number of hydrogen-bond acceptors (Lipinski definition) is 3. The number of anilines is 1. The van der Waals surface area contributed by atoms with Gasteiger partial charge in [0, 0.05) is 17.3 Å². The highest BCUT2D eigenvalue weighted by atomic mass is 79.9. The third-order valence-corrected chi connectivity index (χ3v) is 4.09. The van der Waals surface area contributed by atoms with Crippen molar-refractivity contribution < 1.29 is 14.3 Å². The maximum atomic E-state index is 12.1. The van der Waals surface area contributed by atoms with E-state index >= 15 is 0 Å². The predicted octanol–water partition coefficient (Wildman–Crippen LogP) is 2.77. The Morgan fingerprint density at radius 1 is 1.39 bits per heavy atom. The number of carbonyl (C=O) groups is 2. The maximum absolute atomic E-state index is 12.1. The molecule has 0 radical (unpaired) electrons. The van der Waals surface area contributed by atoms with Crippen LogP contribution in [0.25, 0.3) is 0 Å². The first-order valence-corrected chi connectivity index (χ1v) is 6.58. The molecule has 1 saturated heterocycles. The van der Waals surface area contributed by atoms with Gasteiger partial charge in [-0.3, -0.25) is 9.69 Å². The molecule has 2 aliphatic rings. The average Bonchev–Trinajstić information content (AvgIpc) is 2.55. The minimum atomic E-state index is -0.834. The van der Waals surface area contributed by atoms with E-state index < -0.39 is 5.72 Å². The number of rotatable bonds is 0. The van der Waals surface area contributed by atoms with Crippen molar-refractivity contribution in [1.82, 2.24) is 0 Å². The summed E-state index contributed by atoms with van der Waals surface area (Å²) in [4.78, 5) is 25.7. The lowest BCUT2D eigenvalue weighted by atomic mass is 10.0. The molecule has 0 aromatic heterocycles. The number of fused-ring (bicyclic) bond motifs is 3. The van der Waals surface area contributed by atoms with Gasteiger partial charge in [-0.2, -0.15) is 0 Å². The van der Waals surface area contributed by atoms with E-state index in [0.29, 0.717) is 24.1 Å². The van der Waals surface area contributed by atoms with Crippen LogP contribution in [0.5, 0.6) is 0 Å². The number of esters is 1. The Kier molecular flexibility index (Phi) is 2.32. The lowest BCUT2D eigenvalue weighted by molar-refractivity contribution is -0.118. The molecular weight excluding hydrogens is 298 g/mol. The molecule has 0 spiro atoms. The quantitative estimate of drug-likeness (QED) is 0.692. The Balaban J connectivity index is 2.29. The number of aryl methyl sites for hydroxylation is 1. The van der Waals surface area contributed by atoms with Crippen LogP contribution in [0.15, 0.2) is 16.6 Å². The minimum absolute atomic E-state index is 0.00389. The van der Waals surface area contributed by atoms with E-state index in [1.807, 2.05) is 13.0 Å². The van der Waals surface area contributed by atoms with Crippen LogP contribution < -0.4 is 4.90 Å². The summed E-state index contributed by atoms with van der Waals surface area (Å²) in [5, 5.41) is 0. The van der Waals surface area contributed by atoms with E-state index in [1.165, 1.54) is 0 Å². The van der Waals surface area contributed by atoms with Crippen LogP contribution in [-0.4, -0.2) is 17.6 Å². The van der Waals surface area contributed by atoms with E-state index in [1.54, 1.807) is 17.9 Å². The van der Waals surface area contributed by atoms with Crippen molar-refractivity contribution in [2.24, 2.45) is 0 Å². The third-order valence-electron chi connectivity index (χ3n) is 3.49. The monoisotopic (exact) mass is 309 g/mol. The molecule has 1 fully saturated rings. The molecule has 1 aromatic rings. The Hall–Kier alpha value is -1.36. The summed E-state index contributed by atoms with van der Waals surface area (Å²) in [5.41, 5.74) is 1.21. The number of hydrogen-bond donors (Lipinski definition) is 0. The Morgan fingerprint density at radius 3 is 2.83 bits per heavy atom. The summed E-state index contributed by atoms with van der Waals surface area (Å²) < 4.78 is 6.21. The first-order chi connectivity index (χ1) is 8.42. The Bertz CT molecular complexity index is 584. The standard InChI is InChI=1S/C13H12BrNO3/c1-7-5-8-11(9(14)6-7)15-10(16)3-4-13(15,2)18-12(8)17/h5-6H,3-4H2,1-2H3. The lowest BCUT2D eigenvalue weighted by Gasteiger charge is -2.40. The fraction of sp³-hybridized carbons (Fsp3) is 0.385. The summed E-state index contributed by atoms with van der Waals surface area (Å²) in [6.07, 6.45) is 0.945. The van der Waals surface area contributed by atoms with Crippen molar-refractivity contribution in [3.05, 3.63) is 27.7 Å². The minimum Gasteiger partial charge on any atom is -0.435 e. The Labute approximate surface area is 113 Å². The lowest BCUT2D eigenvalue weighted by Crippen LogP contribution is -2.51. The highest BCUT2D eigenvalue weighted by Gasteiger charge is 2.51. The summed E-state index contributed by atoms with van der Waals surface area (Å²) in [5.74, 6) is -0.362. The second-order valence-corrected chi connectivity index (χ2v) is 5.79. The summed E-state index contributed by atoms with van der Waals surface area (Å²) in [6, 6.07) is 3.66. The number of halogens is 1. The van der Waals surface area contributed by atoms with Gasteiger partial charge in [-0.15, -0.1) is 0 Å². The van der Waals surface area contributed by atoms with Crippen LogP contribution in [-0.2, 0) is 9.53 Å². The third kappa shape index (κ3) is 1.43. The zero-order valence-corrected chi connectivity index (χ0v) is 11.7. The molecule has 1 unspecified atom stereocenters. The van der Waals surface area contributed by atoms with Crippen molar-refractivity contribution >= 4 is 33.5 Å². The van der Waals surface area contributed by atoms with Crippen molar-refractivity contribution in [1.29, 1.82) is 0 Å². The highest BCUT2D eigenvalue weighted by Crippen LogP contribution is 2.45. The van der Waals surface area contributed by atoms with Gasteiger partial charge in [0.1, 0.15) is 0 Å². The zero-order valence-electron chi connectivity index (χ0n) is 10.1. The van der Waals surface area contributed by atoms with Crippen molar-refractivity contribution in [2.45, 2.75) is 32.4 Å². The first kappa shape index (κ1) is 11.7. The molecule has 1 aromatic carbocycles. The molecular formula is C13H12BrNO3. The van der Waals surface area contributed by atoms with Crippen LogP contribution in [0.4, 0.5) is 5.69 Å². The van der Waals surface area contributed by atoms with Crippen LogP contribution in [0, 0.1) is 6.92 Å². The molecule has 5 heteroatoms. The van der Waals surface area contributed by atoms with Crippen molar-refractivity contribution in [3.63, 3.8) is 0 Å².